The van der Waals surface area contributed by atoms with Crippen LogP contribution in [0, 0.1) is 5.92 Å². The van der Waals surface area contributed by atoms with E-state index in [1.807, 2.05) is 45.3 Å². The third kappa shape index (κ3) is 4.14. The predicted molar refractivity (Wildman–Crippen MR) is 98.1 cm³/mol. The zero-order valence-corrected chi connectivity index (χ0v) is 16.0. The van der Waals surface area contributed by atoms with E-state index in [-0.39, 0.29) is 11.9 Å². The number of hydrogen-bond acceptors (Lipinski definition) is 4. The number of likely N-dealkylation sites (tertiary alicyclic amines) is 1. The van der Waals surface area contributed by atoms with E-state index < -0.39 is 0 Å². The first-order valence-corrected chi connectivity index (χ1v) is 10.0. The summed E-state index contributed by atoms with van der Waals surface area (Å²) in [5.41, 5.74) is 0. The van der Waals surface area contributed by atoms with Crippen molar-refractivity contribution in [2.75, 3.05) is 27.2 Å². The van der Waals surface area contributed by atoms with Crippen molar-refractivity contribution in [3.63, 3.8) is 0 Å². The molecule has 1 amide bonds. The summed E-state index contributed by atoms with van der Waals surface area (Å²) in [5, 5.41) is 1.50. The Labute approximate surface area is 149 Å². The molecule has 134 valence electrons. The average molecular weight is 351 g/mol. The topological polar surface area (TPSA) is 41.4 Å². The Morgan fingerprint density at radius 1 is 1.33 bits per heavy atom. The summed E-state index contributed by atoms with van der Waals surface area (Å²) >= 11 is 1.82. The fourth-order valence-corrected chi connectivity index (χ4v) is 5.21. The molecule has 0 N–H and O–H groups in total. The van der Waals surface area contributed by atoms with Crippen LogP contribution >= 0.6 is 11.8 Å². The summed E-state index contributed by atoms with van der Waals surface area (Å²) in [5.74, 6) is 1.03. The molecule has 0 bridgehead atoms. The van der Waals surface area contributed by atoms with Crippen LogP contribution in [-0.2, 0) is 11.8 Å². The lowest BCUT2D eigenvalue weighted by Crippen LogP contribution is -2.44. The van der Waals surface area contributed by atoms with Gasteiger partial charge in [-0.3, -0.25) is 9.69 Å². The monoisotopic (exact) mass is 350 g/mol. The van der Waals surface area contributed by atoms with Gasteiger partial charge in [0.1, 0.15) is 0 Å². The first kappa shape index (κ1) is 17.8. The van der Waals surface area contributed by atoms with Crippen LogP contribution in [0.25, 0.3) is 0 Å². The van der Waals surface area contributed by atoms with Gasteiger partial charge in [-0.25, -0.2) is 4.98 Å². The van der Waals surface area contributed by atoms with Crippen molar-refractivity contribution in [1.29, 1.82) is 0 Å². The number of aromatic nitrogens is 2. The smallest absolute Gasteiger partial charge is 0.239 e. The lowest BCUT2D eigenvalue weighted by molar-refractivity contribution is -0.133. The minimum absolute atomic E-state index is 0.0414. The molecule has 0 unspecified atom stereocenters. The number of hydrogen-bond donors (Lipinski definition) is 0. The maximum Gasteiger partial charge on any atom is 0.239 e. The lowest BCUT2D eigenvalue weighted by atomic mass is 9.89. The highest BCUT2D eigenvalue weighted by Gasteiger charge is 2.39. The molecule has 0 spiro atoms. The maximum absolute atomic E-state index is 12.7. The van der Waals surface area contributed by atoms with Gasteiger partial charge in [-0.2, -0.15) is 0 Å². The molecule has 3 rings (SSSR count). The molecule has 2 atom stereocenters. The van der Waals surface area contributed by atoms with Crippen LogP contribution in [-0.4, -0.2) is 63.7 Å². The molecule has 1 saturated carbocycles. The molecular weight excluding hydrogens is 320 g/mol. The Bertz CT molecular complexity index is 553. The fourth-order valence-electron chi connectivity index (χ4n) is 4.02. The molecule has 2 heterocycles. The van der Waals surface area contributed by atoms with Crippen molar-refractivity contribution in [2.45, 2.75) is 55.0 Å². The summed E-state index contributed by atoms with van der Waals surface area (Å²) in [4.78, 5) is 21.3. The Morgan fingerprint density at radius 3 is 2.71 bits per heavy atom. The zero-order valence-electron chi connectivity index (χ0n) is 15.1. The van der Waals surface area contributed by atoms with Crippen LogP contribution in [0.1, 0.15) is 38.5 Å². The number of thioether (sulfide) groups is 1. The summed E-state index contributed by atoms with van der Waals surface area (Å²) < 4.78 is 2.07. The molecular formula is C18H30N4OS. The summed E-state index contributed by atoms with van der Waals surface area (Å²) in [7, 11) is 5.78. The molecule has 2 fully saturated rings. The molecule has 2 aliphatic rings. The molecule has 1 saturated heterocycles. The number of carbonyl (C=O) groups is 1. The number of aryl methyl sites for hydroxylation is 1. The van der Waals surface area contributed by atoms with Crippen molar-refractivity contribution in [2.24, 2.45) is 13.0 Å². The second-order valence-electron chi connectivity index (χ2n) is 7.50. The van der Waals surface area contributed by atoms with Gasteiger partial charge in [0.05, 0.1) is 6.04 Å². The summed E-state index contributed by atoms with van der Waals surface area (Å²) in [6, 6.07) is 0.0414. The van der Waals surface area contributed by atoms with Gasteiger partial charge in [-0.1, -0.05) is 31.0 Å². The van der Waals surface area contributed by atoms with Crippen molar-refractivity contribution < 1.29 is 4.79 Å². The Morgan fingerprint density at radius 2 is 2.08 bits per heavy atom. The highest BCUT2D eigenvalue weighted by Crippen LogP contribution is 2.34. The number of nitrogens with zero attached hydrogens (tertiary/aromatic N) is 4. The van der Waals surface area contributed by atoms with E-state index in [1.54, 1.807) is 4.90 Å². The average Bonchev–Trinajstić information content (AvgIpc) is 3.14. The standard InChI is InChI=1S/C18H30N4OS/c1-20(2)17(23)16-11-15(24-18-19-9-10-21(18)3)13-22(16)12-14-7-5-4-6-8-14/h9-10,14-16H,4-8,11-13H2,1-3H3/t15-,16+/m1/s1. The first-order chi connectivity index (χ1) is 11.5. The molecule has 1 aromatic heterocycles. The molecule has 5 nitrogen and oxygen atoms in total. The van der Waals surface area contributed by atoms with Gasteiger partial charge in [0.25, 0.3) is 0 Å². The molecule has 0 radical (unpaired) electrons. The van der Waals surface area contributed by atoms with E-state index in [0.717, 1.165) is 30.6 Å². The number of rotatable bonds is 5. The minimum atomic E-state index is 0.0414. The Balaban J connectivity index is 1.66. The second kappa shape index (κ2) is 7.91. The van der Waals surface area contributed by atoms with Gasteiger partial charge in [0, 0.05) is 51.9 Å². The third-order valence-electron chi connectivity index (χ3n) is 5.36. The van der Waals surface area contributed by atoms with E-state index >= 15 is 0 Å². The van der Waals surface area contributed by atoms with Crippen molar-refractivity contribution in [3.8, 4) is 0 Å². The van der Waals surface area contributed by atoms with Crippen molar-refractivity contribution >= 4 is 17.7 Å². The van der Waals surface area contributed by atoms with Gasteiger partial charge in [0.2, 0.25) is 5.91 Å². The lowest BCUT2D eigenvalue weighted by Gasteiger charge is -2.31. The van der Waals surface area contributed by atoms with Crippen LogP contribution in [0.4, 0.5) is 0 Å². The van der Waals surface area contributed by atoms with Crippen LogP contribution in [0.5, 0.6) is 0 Å². The van der Waals surface area contributed by atoms with E-state index in [4.69, 9.17) is 0 Å². The molecule has 1 aliphatic heterocycles. The Hall–Kier alpha value is -1.01. The molecule has 24 heavy (non-hydrogen) atoms. The highest BCUT2D eigenvalue weighted by atomic mass is 32.2. The number of carbonyl (C=O) groups excluding carboxylic acids is 1. The van der Waals surface area contributed by atoms with Crippen LogP contribution in [0.3, 0.4) is 0 Å². The van der Waals surface area contributed by atoms with Crippen molar-refractivity contribution in [3.05, 3.63) is 12.4 Å². The molecule has 1 aromatic rings. The van der Waals surface area contributed by atoms with Crippen molar-refractivity contribution in [1.82, 2.24) is 19.4 Å². The normalized spacial score (nSPS) is 26.0. The van der Waals surface area contributed by atoms with Gasteiger partial charge in [0.15, 0.2) is 5.16 Å². The maximum atomic E-state index is 12.7. The Kier molecular flexibility index (Phi) is 5.87. The molecule has 1 aliphatic carbocycles. The van der Waals surface area contributed by atoms with E-state index in [1.165, 1.54) is 32.1 Å². The number of imidazole rings is 1. The largest absolute Gasteiger partial charge is 0.347 e. The van der Waals surface area contributed by atoms with Gasteiger partial charge >= 0.3 is 0 Å². The zero-order chi connectivity index (χ0) is 17.1. The van der Waals surface area contributed by atoms with Crippen LogP contribution < -0.4 is 0 Å². The van der Waals surface area contributed by atoms with E-state index in [2.05, 4.69) is 14.5 Å². The number of likely N-dealkylation sites (N-methyl/N-ethyl adjacent to an activating group) is 1. The van der Waals surface area contributed by atoms with E-state index in [0.29, 0.717) is 5.25 Å². The SMILES string of the molecule is CN(C)C(=O)[C@@H]1C[C@@H](Sc2nccn2C)CN1CC1CCCCC1. The number of amides is 1. The van der Waals surface area contributed by atoms with Gasteiger partial charge in [-0.15, -0.1) is 0 Å². The fraction of sp³-hybridized carbons (Fsp3) is 0.778. The molecule has 0 aromatic carbocycles. The minimum Gasteiger partial charge on any atom is -0.347 e. The summed E-state index contributed by atoms with van der Waals surface area (Å²) in [6.45, 7) is 2.08. The first-order valence-electron chi connectivity index (χ1n) is 9.13. The predicted octanol–water partition coefficient (Wildman–Crippen LogP) is 2.62. The third-order valence-corrected chi connectivity index (χ3v) is 6.64. The second-order valence-corrected chi connectivity index (χ2v) is 8.77. The van der Waals surface area contributed by atoms with Crippen LogP contribution in [0.15, 0.2) is 17.6 Å². The highest BCUT2D eigenvalue weighted by molar-refractivity contribution is 7.99. The molecule has 6 heteroatoms. The summed E-state index contributed by atoms with van der Waals surface area (Å²) in [6.07, 6.45) is 11.5. The van der Waals surface area contributed by atoms with Gasteiger partial charge < -0.3 is 9.47 Å². The van der Waals surface area contributed by atoms with Crippen LogP contribution in [0.2, 0.25) is 0 Å². The van der Waals surface area contributed by atoms with Gasteiger partial charge in [-0.05, 0) is 25.2 Å². The quantitative estimate of drug-likeness (QED) is 0.819. The van der Waals surface area contributed by atoms with E-state index in [9.17, 15) is 4.79 Å².